The average Bonchev–Trinajstić information content (AvgIpc) is 3.66. The molecule has 0 spiro atoms. The zero-order chi connectivity index (χ0) is 28.8. The highest BCUT2D eigenvalue weighted by Gasteiger charge is 2.34. The van der Waals surface area contributed by atoms with Crippen LogP contribution in [0.5, 0.6) is 0 Å². The Kier molecular flexibility index (Phi) is 8.67. The molecule has 0 aliphatic heterocycles. The van der Waals surface area contributed by atoms with Crippen LogP contribution in [0.4, 0.5) is 10.1 Å². The highest BCUT2D eigenvalue weighted by molar-refractivity contribution is 5.89. The molecule has 1 heterocycles. The van der Waals surface area contributed by atoms with Crippen LogP contribution in [0.3, 0.4) is 0 Å². The number of anilines is 1. The maximum atomic E-state index is 14.3. The van der Waals surface area contributed by atoms with Crippen LogP contribution in [0, 0.1) is 5.82 Å². The second-order valence-electron chi connectivity index (χ2n) is 10.5. The lowest BCUT2D eigenvalue weighted by Gasteiger charge is -2.32. The monoisotopic (exact) mass is 555 g/mol. The number of benzene rings is 3. The third kappa shape index (κ3) is 6.77. The van der Waals surface area contributed by atoms with Gasteiger partial charge in [0.1, 0.15) is 18.4 Å². The van der Waals surface area contributed by atoms with E-state index in [0.717, 1.165) is 41.7 Å². The van der Waals surface area contributed by atoms with Gasteiger partial charge in [0.25, 0.3) is 0 Å². The fourth-order valence-electron chi connectivity index (χ4n) is 5.15. The van der Waals surface area contributed by atoms with Gasteiger partial charge in [-0.15, -0.1) is 10.2 Å². The molecule has 2 amide bonds. The van der Waals surface area contributed by atoms with Crippen molar-refractivity contribution in [3.05, 3.63) is 95.8 Å². The van der Waals surface area contributed by atoms with Gasteiger partial charge in [0, 0.05) is 32.4 Å². The number of rotatable bonds is 10. The van der Waals surface area contributed by atoms with Crippen LogP contribution in [0.15, 0.2) is 78.9 Å². The predicted octanol–water partition coefficient (Wildman–Crippen LogP) is 4.37. The Labute approximate surface area is 239 Å². The van der Waals surface area contributed by atoms with Gasteiger partial charge in [0.05, 0.1) is 5.56 Å². The normalized spacial score (nSPS) is 14.0. The van der Waals surface area contributed by atoms with E-state index in [-0.39, 0.29) is 42.3 Å². The number of hydrogen-bond donors (Lipinski definition) is 1. The second kappa shape index (κ2) is 12.7. The van der Waals surface area contributed by atoms with E-state index in [1.807, 2.05) is 73.6 Å². The Morgan fingerprint density at radius 1 is 0.976 bits per heavy atom. The molecule has 1 N–H and O–H groups in total. The van der Waals surface area contributed by atoms with Crippen LogP contribution in [0.1, 0.15) is 42.9 Å². The fraction of sp³-hybridized carbons (Fsp3) is 0.323. The molecular weight excluding hydrogens is 521 g/mol. The summed E-state index contributed by atoms with van der Waals surface area (Å²) in [5.41, 5.74) is 2.76. The van der Waals surface area contributed by atoms with E-state index in [4.69, 9.17) is 0 Å². The van der Waals surface area contributed by atoms with Gasteiger partial charge in [-0.1, -0.05) is 67.4 Å². The molecule has 3 aromatic carbocycles. The van der Waals surface area contributed by atoms with Crippen LogP contribution < -0.4 is 10.2 Å². The van der Waals surface area contributed by atoms with E-state index in [2.05, 4.69) is 20.7 Å². The molecule has 9 nitrogen and oxygen atoms in total. The third-order valence-corrected chi connectivity index (χ3v) is 7.35. The standard InChI is InChI=1S/C31H34FN7O2/c1-37(2)25-18-16-23(17-19-25)29(31(41)33-24-12-6-7-13-24)38(20-22-10-4-3-5-11-22)28(40)21-39-35-30(34-36-39)26-14-8-9-15-27(26)32/h3-5,8-11,14-19,24,29H,6-7,12-13,20-21H2,1-2H3,(H,33,41)/t29-/m1/s1. The summed E-state index contributed by atoms with van der Waals surface area (Å²) in [6.07, 6.45) is 3.99. The lowest BCUT2D eigenvalue weighted by molar-refractivity contribution is -0.142. The van der Waals surface area contributed by atoms with Crippen molar-refractivity contribution in [2.24, 2.45) is 0 Å². The number of halogens is 1. The van der Waals surface area contributed by atoms with Gasteiger partial charge in [-0.3, -0.25) is 9.59 Å². The van der Waals surface area contributed by atoms with Gasteiger partial charge >= 0.3 is 0 Å². The van der Waals surface area contributed by atoms with Crippen LogP contribution >= 0.6 is 0 Å². The van der Waals surface area contributed by atoms with Crippen molar-refractivity contribution in [2.75, 3.05) is 19.0 Å². The highest BCUT2D eigenvalue weighted by Crippen LogP contribution is 2.28. The first-order valence-corrected chi connectivity index (χ1v) is 13.8. The van der Waals surface area contributed by atoms with E-state index in [1.54, 1.807) is 23.1 Å². The van der Waals surface area contributed by atoms with Crippen molar-refractivity contribution in [3.63, 3.8) is 0 Å². The van der Waals surface area contributed by atoms with Crippen LogP contribution in [0.25, 0.3) is 11.4 Å². The minimum atomic E-state index is -0.880. The quantitative estimate of drug-likeness (QED) is 0.312. The Balaban J connectivity index is 1.48. The molecular formula is C31H34FN7O2. The Morgan fingerprint density at radius 3 is 2.34 bits per heavy atom. The first kappa shape index (κ1) is 27.9. The van der Waals surface area contributed by atoms with E-state index in [1.165, 1.54) is 6.07 Å². The Morgan fingerprint density at radius 2 is 1.66 bits per heavy atom. The van der Waals surface area contributed by atoms with E-state index in [9.17, 15) is 14.0 Å². The van der Waals surface area contributed by atoms with Gasteiger partial charge in [-0.25, -0.2) is 4.39 Å². The second-order valence-corrected chi connectivity index (χ2v) is 10.5. The number of nitrogens with zero attached hydrogens (tertiary/aromatic N) is 6. The van der Waals surface area contributed by atoms with E-state index < -0.39 is 11.9 Å². The van der Waals surface area contributed by atoms with Gasteiger partial charge in [-0.2, -0.15) is 4.80 Å². The average molecular weight is 556 g/mol. The highest BCUT2D eigenvalue weighted by atomic mass is 19.1. The molecule has 4 aromatic rings. The maximum Gasteiger partial charge on any atom is 0.247 e. The molecule has 1 aliphatic rings. The number of hydrogen-bond acceptors (Lipinski definition) is 6. The van der Waals surface area contributed by atoms with Crippen LogP contribution in [0.2, 0.25) is 0 Å². The molecule has 1 aromatic heterocycles. The molecule has 41 heavy (non-hydrogen) atoms. The molecule has 5 rings (SSSR count). The zero-order valence-electron chi connectivity index (χ0n) is 23.3. The minimum Gasteiger partial charge on any atom is -0.378 e. The third-order valence-electron chi connectivity index (χ3n) is 7.35. The van der Waals surface area contributed by atoms with Crippen molar-refractivity contribution in [1.29, 1.82) is 0 Å². The summed E-state index contributed by atoms with van der Waals surface area (Å²) < 4.78 is 14.3. The predicted molar refractivity (Wildman–Crippen MR) is 154 cm³/mol. The van der Waals surface area contributed by atoms with Crippen LogP contribution in [-0.4, -0.2) is 57.1 Å². The van der Waals surface area contributed by atoms with Crippen LogP contribution in [-0.2, 0) is 22.7 Å². The van der Waals surface area contributed by atoms with Gasteiger partial charge in [-0.05, 0) is 53.4 Å². The Hall–Kier alpha value is -4.60. The smallest absolute Gasteiger partial charge is 0.247 e. The molecule has 0 radical (unpaired) electrons. The number of tetrazole rings is 1. The van der Waals surface area contributed by atoms with E-state index in [0.29, 0.717) is 5.56 Å². The van der Waals surface area contributed by atoms with Gasteiger partial charge < -0.3 is 15.1 Å². The fourth-order valence-corrected chi connectivity index (χ4v) is 5.15. The molecule has 0 unspecified atom stereocenters. The molecule has 0 bridgehead atoms. The number of carbonyl (C=O) groups is 2. The van der Waals surface area contributed by atoms with Crippen molar-refractivity contribution in [2.45, 2.75) is 50.9 Å². The minimum absolute atomic E-state index is 0.0834. The number of nitrogens with one attached hydrogen (secondary N) is 1. The van der Waals surface area contributed by atoms with Gasteiger partial charge in [0.15, 0.2) is 0 Å². The number of amides is 2. The van der Waals surface area contributed by atoms with Crippen molar-refractivity contribution < 1.29 is 14.0 Å². The summed E-state index contributed by atoms with van der Waals surface area (Å²) in [5.74, 6) is -0.985. The molecule has 1 atom stereocenters. The first-order valence-electron chi connectivity index (χ1n) is 13.8. The summed E-state index contributed by atoms with van der Waals surface area (Å²) in [6.45, 7) is -0.0655. The first-order chi connectivity index (χ1) is 19.9. The molecule has 212 valence electrons. The maximum absolute atomic E-state index is 14.3. The molecule has 1 saturated carbocycles. The summed E-state index contributed by atoms with van der Waals surface area (Å²) in [6, 6.07) is 22.6. The van der Waals surface area contributed by atoms with E-state index >= 15 is 0 Å². The van der Waals surface area contributed by atoms with Crippen molar-refractivity contribution in [3.8, 4) is 11.4 Å². The number of aromatic nitrogens is 4. The molecule has 1 fully saturated rings. The SMILES string of the molecule is CN(C)c1ccc([C@H](C(=O)NC2CCCC2)N(Cc2ccccc2)C(=O)Cn2nnc(-c3ccccc3F)n2)cc1. The lowest BCUT2D eigenvalue weighted by atomic mass is 10.0. The van der Waals surface area contributed by atoms with Crippen molar-refractivity contribution >= 4 is 17.5 Å². The lowest BCUT2D eigenvalue weighted by Crippen LogP contribution is -2.46. The number of carbonyl (C=O) groups excluding carboxylic acids is 2. The summed E-state index contributed by atoms with van der Waals surface area (Å²) >= 11 is 0. The molecule has 0 saturated heterocycles. The summed E-state index contributed by atoms with van der Waals surface area (Å²) in [4.78, 5) is 32.6. The van der Waals surface area contributed by atoms with Crippen molar-refractivity contribution in [1.82, 2.24) is 30.4 Å². The summed E-state index contributed by atoms with van der Waals surface area (Å²) in [7, 11) is 3.90. The largest absolute Gasteiger partial charge is 0.378 e. The topological polar surface area (TPSA) is 96.2 Å². The molecule has 10 heteroatoms. The zero-order valence-corrected chi connectivity index (χ0v) is 23.3. The molecule has 1 aliphatic carbocycles. The Bertz CT molecular complexity index is 1470. The summed E-state index contributed by atoms with van der Waals surface area (Å²) in [5, 5.41) is 15.4. The van der Waals surface area contributed by atoms with Gasteiger partial charge in [0.2, 0.25) is 17.6 Å².